The van der Waals surface area contributed by atoms with Crippen LogP contribution in [0.5, 0.6) is 0 Å². The van der Waals surface area contributed by atoms with Gasteiger partial charge in [-0.1, -0.05) is 20.8 Å². The molecule has 1 heterocycles. The van der Waals surface area contributed by atoms with Crippen molar-refractivity contribution in [1.29, 1.82) is 0 Å². The lowest BCUT2D eigenvalue weighted by Crippen LogP contribution is -2.49. The zero-order valence-electron chi connectivity index (χ0n) is 10.1. The quantitative estimate of drug-likeness (QED) is 0.829. The van der Waals surface area contributed by atoms with E-state index >= 15 is 0 Å². The number of hydrogen-bond donors (Lipinski definition) is 2. The summed E-state index contributed by atoms with van der Waals surface area (Å²) in [5.41, 5.74) is -0.148. The van der Waals surface area contributed by atoms with Crippen LogP contribution in [0.4, 0.5) is 0 Å². The number of carbonyl (C=O) groups excluding carboxylic acids is 1. The van der Waals surface area contributed by atoms with Crippen molar-refractivity contribution in [2.45, 2.75) is 26.8 Å². The predicted molar refractivity (Wildman–Crippen MR) is 62.6 cm³/mol. The Hall–Kier alpha value is -1.91. The lowest BCUT2D eigenvalue weighted by molar-refractivity contribution is -0.142. The second-order valence-electron chi connectivity index (χ2n) is 4.85. The number of nitrogens with zero attached hydrogens (tertiary/aromatic N) is 1. The van der Waals surface area contributed by atoms with E-state index in [1.54, 1.807) is 20.8 Å². The van der Waals surface area contributed by atoms with Crippen molar-refractivity contribution in [3.05, 3.63) is 30.1 Å². The third-order valence-electron chi connectivity index (χ3n) is 2.33. The second kappa shape index (κ2) is 4.95. The molecule has 0 radical (unpaired) electrons. The van der Waals surface area contributed by atoms with Gasteiger partial charge in [-0.15, -0.1) is 0 Å². The van der Waals surface area contributed by atoms with Crippen LogP contribution < -0.4 is 5.32 Å². The van der Waals surface area contributed by atoms with E-state index in [4.69, 9.17) is 5.11 Å². The third-order valence-corrected chi connectivity index (χ3v) is 2.33. The summed E-state index contributed by atoms with van der Waals surface area (Å²) < 4.78 is 0. The Kier molecular flexibility index (Phi) is 3.83. The number of aromatic nitrogens is 1. The summed E-state index contributed by atoms with van der Waals surface area (Å²) in [5.74, 6) is -1.45. The van der Waals surface area contributed by atoms with Crippen molar-refractivity contribution in [2.75, 3.05) is 0 Å². The smallest absolute Gasteiger partial charge is 0.326 e. The Morgan fingerprint density at radius 2 is 1.82 bits per heavy atom. The monoisotopic (exact) mass is 236 g/mol. The molecule has 0 aromatic carbocycles. The fourth-order valence-electron chi connectivity index (χ4n) is 1.37. The van der Waals surface area contributed by atoms with Gasteiger partial charge in [-0.25, -0.2) is 4.79 Å². The van der Waals surface area contributed by atoms with Crippen LogP contribution in [0.2, 0.25) is 0 Å². The van der Waals surface area contributed by atoms with Crippen molar-refractivity contribution < 1.29 is 14.7 Å². The zero-order valence-corrected chi connectivity index (χ0v) is 10.1. The SMILES string of the molecule is CC(C)(C)[C@H](NC(=O)c1ccncc1)C(=O)O. The highest BCUT2D eigenvalue weighted by molar-refractivity contribution is 5.96. The van der Waals surface area contributed by atoms with Crippen molar-refractivity contribution in [3.8, 4) is 0 Å². The number of carboxylic acids is 1. The summed E-state index contributed by atoms with van der Waals surface area (Å²) in [6, 6.07) is 2.15. The average molecular weight is 236 g/mol. The molecule has 1 atom stereocenters. The Balaban J connectivity index is 2.83. The zero-order chi connectivity index (χ0) is 13.1. The van der Waals surface area contributed by atoms with Crippen molar-refractivity contribution in [1.82, 2.24) is 10.3 Å². The standard InChI is InChI=1S/C12H16N2O3/c1-12(2,3)9(11(16)17)14-10(15)8-4-6-13-7-5-8/h4-7,9H,1-3H3,(H,14,15)(H,16,17)/t9-/m1/s1. The van der Waals surface area contributed by atoms with Gasteiger partial charge in [-0.05, 0) is 17.5 Å². The summed E-state index contributed by atoms with van der Waals surface area (Å²) in [7, 11) is 0. The highest BCUT2D eigenvalue weighted by Crippen LogP contribution is 2.19. The molecule has 0 aliphatic heterocycles. The molecule has 0 aliphatic rings. The molecule has 1 aromatic rings. The van der Waals surface area contributed by atoms with Gasteiger partial charge in [0.1, 0.15) is 6.04 Å². The van der Waals surface area contributed by atoms with Gasteiger partial charge < -0.3 is 10.4 Å². The fourth-order valence-corrected chi connectivity index (χ4v) is 1.37. The summed E-state index contributed by atoms with van der Waals surface area (Å²) in [4.78, 5) is 26.7. The Labute approximate surface area is 99.9 Å². The van der Waals surface area contributed by atoms with Gasteiger partial charge in [-0.3, -0.25) is 9.78 Å². The number of aliphatic carboxylic acids is 1. The lowest BCUT2D eigenvalue weighted by atomic mass is 9.86. The summed E-state index contributed by atoms with van der Waals surface area (Å²) in [6.45, 7) is 5.29. The van der Waals surface area contributed by atoms with E-state index in [0.29, 0.717) is 5.56 Å². The van der Waals surface area contributed by atoms with E-state index in [2.05, 4.69) is 10.3 Å². The number of rotatable bonds is 3. The molecule has 1 amide bonds. The molecular weight excluding hydrogens is 220 g/mol. The number of carboxylic acid groups (broad SMARTS) is 1. The minimum absolute atomic E-state index is 0.399. The normalized spacial score (nSPS) is 12.9. The fraction of sp³-hybridized carbons (Fsp3) is 0.417. The van der Waals surface area contributed by atoms with E-state index in [1.165, 1.54) is 24.5 Å². The molecule has 1 aromatic heterocycles. The van der Waals surface area contributed by atoms with Crippen molar-refractivity contribution >= 4 is 11.9 Å². The van der Waals surface area contributed by atoms with Crippen LogP contribution in [0.3, 0.4) is 0 Å². The molecule has 17 heavy (non-hydrogen) atoms. The molecule has 0 spiro atoms. The highest BCUT2D eigenvalue weighted by Gasteiger charge is 2.32. The molecule has 0 bridgehead atoms. The van der Waals surface area contributed by atoms with Gasteiger partial charge in [0.15, 0.2) is 0 Å². The first-order chi connectivity index (χ1) is 7.82. The molecule has 0 saturated carbocycles. The topological polar surface area (TPSA) is 79.3 Å². The van der Waals surface area contributed by atoms with Crippen LogP contribution in [0, 0.1) is 5.41 Å². The van der Waals surface area contributed by atoms with Crippen LogP contribution >= 0.6 is 0 Å². The molecule has 0 aliphatic carbocycles. The first kappa shape index (κ1) is 13.2. The van der Waals surface area contributed by atoms with Gasteiger partial charge in [0.2, 0.25) is 0 Å². The first-order valence-corrected chi connectivity index (χ1v) is 5.26. The minimum atomic E-state index is -1.04. The lowest BCUT2D eigenvalue weighted by Gasteiger charge is -2.27. The summed E-state index contributed by atoms with van der Waals surface area (Å²) in [6.07, 6.45) is 2.98. The molecular formula is C12H16N2O3. The molecule has 2 N–H and O–H groups in total. The highest BCUT2D eigenvalue weighted by atomic mass is 16.4. The first-order valence-electron chi connectivity index (χ1n) is 5.26. The Bertz CT molecular complexity index is 410. The number of hydrogen-bond acceptors (Lipinski definition) is 3. The van der Waals surface area contributed by atoms with Crippen molar-refractivity contribution in [3.63, 3.8) is 0 Å². The van der Waals surface area contributed by atoms with Crippen LogP contribution in [0.1, 0.15) is 31.1 Å². The minimum Gasteiger partial charge on any atom is -0.480 e. The predicted octanol–water partition coefficient (Wildman–Crippen LogP) is 1.31. The van der Waals surface area contributed by atoms with E-state index in [1.807, 2.05) is 0 Å². The number of amides is 1. The maximum absolute atomic E-state index is 11.8. The number of carbonyl (C=O) groups is 2. The molecule has 5 heteroatoms. The van der Waals surface area contributed by atoms with E-state index in [-0.39, 0.29) is 0 Å². The average Bonchev–Trinajstić information content (AvgIpc) is 2.24. The largest absolute Gasteiger partial charge is 0.480 e. The maximum Gasteiger partial charge on any atom is 0.326 e. The number of nitrogens with one attached hydrogen (secondary N) is 1. The van der Waals surface area contributed by atoms with Crippen LogP contribution in [-0.4, -0.2) is 28.0 Å². The Morgan fingerprint density at radius 1 is 1.29 bits per heavy atom. The molecule has 0 fully saturated rings. The second-order valence-corrected chi connectivity index (χ2v) is 4.85. The molecule has 92 valence electrons. The van der Waals surface area contributed by atoms with Gasteiger partial charge in [-0.2, -0.15) is 0 Å². The van der Waals surface area contributed by atoms with E-state index < -0.39 is 23.3 Å². The van der Waals surface area contributed by atoms with Crippen LogP contribution in [-0.2, 0) is 4.79 Å². The van der Waals surface area contributed by atoms with E-state index in [9.17, 15) is 9.59 Å². The molecule has 0 unspecified atom stereocenters. The summed E-state index contributed by atoms with van der Waals surface area (Å²) >= 11 is 0. The van der Waals surface area contributed by atoms with Gasteiger partial charge in [0.25, 0.3) is 5.91 Å². The van der Waals surface area contributed by atoms with Gasteiger partial charge in [0.05, 0.1) is 0 Å². The number of pyridine rings is 1. The maximum atomic E-state index is 11.8. The Morgan fingerprint density at radius 3 is 2.24 bits per heavy atom. The molecule has 1 rings (SSSR count). The van der Waals surface area contributed by atoms with Crippen LogP contribution in [0.25, 0.3) is 0 Å². The van der Waals surface area contributed by atoms with Crippen LogP contribution in [0.15, 0.2) is 24.5 Å². The third kappa shape index (κ3) is 3.55. The van der Waals surface area contributed by atoms with Gasteiger partial charge in [0, 0.05) is 18.0 Å². The molecule has 0 saturated heterocycles. The molecule has 5 nitrogen and oxygen atoms in total. The summed E-state index contributed by atoms with van der Waals surface area (Å²) in [5, 5.41) is 11.6. The van der Waals surface area contributed by atoms with Crippen molar-refractivity contribution in [2.24, 2.45) is 5.41 Å². The van der Waals surface area contributed by atoms with Gasteiger partial charge >= 0.3 is 5.97 Å². The van der Waals surface area contributed by atoms with E-state index in [0.717, 1.165) is 0 Å².